The van der Waals surface area contributed by atoms with E-state index in [4.69, 9.17) is 14.2 Å². The molecule has 2 N–H and O–H groups in total. The van der Waals surface area contributed by atoms with Gasteiger partial charge in [0.2, 0.25) is 0 Å². The molecule has 0 unspecified atom stereocenters. The third-order valence-electron chi connectivity index (χ3n) is 4.26. The van der Waals surface area contributed by atoms with Crippen molar-refractivity contribution in [2.75, 3.05) is 13.2 Å². The van der Waals surface area contributed by atoms with Crippen LogP contribution in [-0.4, -0.2) is 43.3 Å². The summed E-state index contributed by atoms with van der Waals surface area (Å²) in [7, 11) is 0. The summed E-state index contributed by atoms with van der Waals surface area (Å²) in [5.74, 6) is -0.452. The fraction of sp³-hybridized carbons (Fsp3) is 0.550. The maximum absolute atomic E-state index is 12.0. The number of nitrogens with one attached hydrogen (secondary N) is 2. The zero-order chi connectivity index (χ0) is 20.4. The number of para-hydroxylation sites is 2. The summed E-state index contributed by atoms with van der Waals surface area (Å²) in [5.41, 5.74) is 0. The van der Waals surface area contributed by atoms with Gasteiger partial charge in [-0.1, -0.05) is 31.9 Å². The number of esters is 1. The summed E-state index contributed by atoms with van der Waals surface area (Å²) in [6.07, 6.45) is 3.69. The standard InChI is InChI=1S/C20H28N2O6/c1-3-12-26-16-10-6-7-11-17(16)27-13-18(23)28-14(2)19(24)22-20(25)21-15-8-4-5-9-15/h6-7,10-11,14-15H,3-5,8-9,12-13H2,1-2H3,(H2,21,22,24,25)/t14-/m0/s1. The van der Waals surface area contributed by atoms with Gasteiger partial charge in [0, 0.05) is 6.04 Å². The van der Waals surface area contributed by atoms with E-state index < -0.39 is 24.0 Å². The van der Waals surface area contributed by atoms with Gasteiger partial charge in [-0.3, -0.25) is 10.1 Å². The topological polar surface area (TPSA) is 103 Å². The number of hydrogen-bond acceptors (Lipinski definition) is 6. The van der Waals surface area contributed by atoms with Gasteiger partial charge in [0.1, 0.15) is 0 Å². The van der Waals surface area contributed by atoms with Crippen LogP contribution in [0, 0.1) is 0 Å². The molecule has 2 rings (SSSR count). The average Bonchev–Trinajstić information content (AvgIpc) is 3.18. The van der Waals surface area contributed by atoms with Crippen molar-refractivity contribution in [3.05, 3.63) is 24.3 Å². The normalized spacial score (nSPS) is 14.8. The van der Waals surface area contributed by atoms with E-state index in [0.29, 0.717) is 18.1 Å². The second kappa shape index (κ2) is 11.2. The second-order valence-electron chi connectivity index (χ2n) is 6.66. The first kappa shape index (κ1) is 21.5. The van der Waals surface area contributed by atoms with Crippen LogP contribution in [-0.2, 0) is 14.3 Å². The molecule has 0 aliphatic heterocycles. The highest BCUT2D eigenvalue weighted by Crippen LogP contribution is 2.26. The number of urea groups is 1. The number of hydrogen-bond donors (Lipinski definition) is 2. The van der Waals surface area contributed by atoms with Crippen LogP contribution < -0.4 is 20.1 Å². The molecular formula is C20H28N2O6. The Morgan fingerprint density at radius 2 is 1.75 bits per heavy atom. The summed E-state index contributed by atoms with van der Waals surface area (Å²) >= 11 is 0. The minimum absolute atomic E-state index is 0.0917. The van der Waals surface area contributed by atoms with Gasteiger partial charge in [-0.15, -0.1) is 0 Å². The Hall–Kier alpha value is -2.77. The molecule has 154 valence electrons. The molecule has 3 amide bonds. The number of amides is 3. The summed E-state index contributed by atoms with van der Waals surface area (Å²) in [4.78, 5) is 35.8. The monoisotopic (exact) mass is 392 g/mol. The first-order chi connectivity index (χ1) is 13.5. The van der Waals surface area contributed by atoms with Crippen molar-refractivity contribution in [3.63, 3.8) is 0 Å². The third-order valence-corrected chi connectivity index (χ3v) is 4.26. The summed E-state index contributed by atoms with van der Waals surface area (Å²) in [6, 6.07) is 6.52. The van der Waals surface area contributed by atoms with Crippen LogP contribution in [0.25, 0.3) is 0 Å². The smallest absolute Gasteiger partial charge is 0.344 e. The molecule has 0 saturated heterocycles. The lowest BCUT2D eigenvalue weighted by Gasteiger charge is -2.16. The molecule has 1 fully saturated rings. The molecule has 1 aromatic carbocycles. The van der Waals surface area contributed by atoms with Crippen molar-refractivity contribution in [2.45, 2.75) is 58.1 Å². The fourth-order valence-electron chi connectivity index (χ4n) is 2.83. The molecule has 1 aliphatic rings. The van der Waals surface area contributed by atoms with Gasteiger partial charge in [0.05, 0.1) is 6.61 Å². The first-order valence-corrected chi connectivity index (χ1v) is 9.65. The van der Waals surface area contributed by atoms with E-state index in [1.54, 1.807) is 24.3 Å². The van der Waals surface area contributed by atoms with E-state index in [2.05, 4.69) is 10.6 Å². The highest BCUT2D eigenvalue weighted by Gasteiger charge is 2.23. The molecule has 28 heavy (non-hydrogen) atoms. The van der Waals surface area contributed by atoms with E-state index in [1.165, 1.54) is 6.92 Å². The van der Waals surface area contributed by atoms with Crippen molar-refractivity contribution >= 4 is 17.9 Å². The fourth-order valence-corrected chi connectivity index (χ4v) is 2.83. The van der Waals surface area contributed by atoms with Gasteiger partial charge in [-0.05, 0) is 38.3 Å². The summed E-state index contributed by atoms with van der Waals surface area (Å²) < 4.78 is 16.0. The predicted molar refractivity (Wildman–Crippen MR) is 102 cm³/mol. The van der Waals surface area contributed by atoms with Crippen molar-refractivity contribution in [1.82, 2.24) is 10.6 Å². The highest BCUT2D eigenvalue weighted by atomic mass is 16.6. The largest absolute Gasteiger partial charge is 0.490 e. The van der Waals surface area contributed by atoms with Gasteiger partial charge in [0.15, 0.2) is 24.2 Å². The Morgan fingerprint density at radius 1 is 1.11 bits per heavy atom. The molecule has 8 heteroatoms. The third kappa shape index (κ3) is 7.09. The molecule has 1 aromatic rings. The van der Waals surface area contributed by atoms with Gasteiger partial charge in [-0.25, -0.2) is 9.59 Å². The Labute approximate surface area is 164 Å². The predicted octanol–water partition coefficient (Wildman–Crippen LogP) is 2.55. The van der Waals surface area contributed by atoms with E-state index in [9.17, 15) is 14.4 Å². The number of ether oxygens (including phenoxy) is 3. The molecule has 1 aliphatic carbocycles. The zero-order valence-corrected chi connectivity index (χ0v) is 16.4. The molecule has 0 radical (unpaired) electrons. The minimum Gasteiger partial charge on any atom is -0.490 e. The van der Waals surface area contributed by atoms with Gasteiger partial charge in [0.25, 0.3) is 5.91 Å². The van der Waals surface area contributed by atoms with E-state index in [0.717, 1.165) is 32.1 Å². The van der Waals surface area contributed by atoms with Crippen LogP contribution in [0.3, 0.4) is 0 Å². The number of rotatable bonds is 9. The Morgan fingerprint density at radius 3 is 2.39 bits per heavy atom. The van der Waals surface area contributed by atoms with Crippen molar-refractivity contribution < 1.29 is 28.6 Å². The van der Waals surface area contributed by atoms with Crippen molar-refractivity contribution in [3.8, 4) is 11.5 Å². The Kier molecular flexibility index (Phi) is 8.58. The average molecular weight is 392 g/mol. The quantitative estimate of drug-likeness (QED) is 0.626. The summed E-state index contributed by atoms with van der Waals surface area (Å²) in [5, 5.41) is 4.93. The van der Waals surface area contributed by atoms with Crippen LogP contribution in [0.4, 0.5) is 4.79 Å². The number of benzene rings is 1. The van der Waals surface area contributed by atoms with Crippen LogP contribution >= 0.6 is 0 Å². The molecular weight excluding hydrogens is 364 g/mol. The van der Waals surface area contributed by atoms with Crippen LogP contribution in [0.1, 0.15) is 46.0 Å². The molecule has 0 spiro atoms. The van der Waals surface area contributed by atoms with Crippen LogP contribution in [0.2, 0.25) is 0 Å². The lowest BCUT2D eigenvalue weighted by molar-refractivity contribution is -0.156. The highest BCUT2D eigenvalue weighted by molar-refractivity contribution is 5.97. The number of imide groups is 1. The van der Waals surface area contributed by atoms with Crippen LogP contribution in [0.5, 0.6) is 11.5 Å². The maximum atomic E-state index is 12.0. The number of carbonyl (C=O) groups excluding carboxylic acids is 3. The van der Waals surface area contributed by atoms with Crippen LogP contribution in [0.15, 0.2) is 24.3 Å². The van der Waals surface area contributed by atoms with Gasteiger partial charge >= 0.3 is 12.0 Å². The second-order valence-corrected chi connectivity index (χ2v) is 6.66. The van der Waals surface area contributed by atoms with Gasteiger partial charge < -0.3 is 19.5 Å². The molecule has 1 saturated carbocycles. The van der Waals surface area contributed by atoms with E-state index in [-0.39, 0.29) is 12.6 Å². The molecule has 0 aromatic heterocycles. The molecule has 0 heterocycles. The lowest BCUT2D eigenvalue weighted by atomic mass is 10.2. The van der Waals surface area contributed by atoms with E-state index in [1.807, 2.05) is 6.92 Å². The van der Waals surface area contributed by atoms with Crippen molar-refractivity contribution in [2.24, 2.45) is 0 Å². The SMILES string of the molecule is CCCOc1ccccc1OCC(=O)O[C@@H](C)C(=O)NC(=O)NC1CCCC1. The Bertz CT molecular complexity index is 672. The molecule has 0 bridgehead atoms. The lowest BCUT2D eigenvalue weighted by Crippen LogP contribution is -2.47. The zero-order valence-electron chi connectivity index (χ0n) is 16.4. The number of carbonyl (C=O) groups is 3. The maximum Gasteiger partial charge on any atom is 0.344 e. The first-order valence-electron chi connectivity index (χ1n) is 9.65. The van der Waals surface area contributed by atoms with E-state index >= 15 is 0 Å². The van der Waals surface area contributed by atoms with Gasteiger partial charge in [-0.2, -0.15) is 0 Å². The Balaban J connectivity index is 1.74. The summed E-state index contributed by atoms with van der Waals surface area (Å²) in [6.45, 7) is 3.54. The molecule has 8 nitrogen and oxygen atoms in total. The van der Waals surface area contributed by atoms with Crippen molar-refractivity contribution in [1.29, 1.82) is 0 Å². The minimum atomic E-state index is -1.11. The molecule has 1 atom stereocenters.